The Kier molecular flexibility index (Phi) is 4.30. The maximum Gasteiger partial charge on any atom is 0.291 e. The van der Waals surface area contributed by atoms with Gasteiger partial charge in [-0.1, -0.05) is 13.8 Å². The number of likely N-dealkylation sites (tertiary alicyclic amines) is 1. The highest BCUT2D eigenvalue weighted by molar-refractivity contribution is 5.90. The van der Waals surface area contributed by atoms with E-state index in [1.54, 1.807) is 0 Å². The van der Waals surface area contributed by atoms with Crippen molar-refractivity contribution in [1.82, 2.24) is 25.0 Å². The molecule has 0 bridgehead atoms. The summed E-state index contributed by atoms with van der Waals surface area (Å²) >= 11 is 0. The van der Waals surface area contributed by atoms with Crippen LogP contribution in [0.4, 0.5) is 0 Å². The van der Waals surface area contributed by atoms with Gasteiger partial charge in [-0.3, -0.25) is 9.89 Å². The Morgan fingerprint density at radius 1 is 1.44 bits per heavy atom. The molecule has 1 fully saturated rings. The number of aromatic nitrogens is 3. The van der Waals surface area contributed by atoms with Crippen LogP contribution >= 0.6 is 0 Å². The lowest BCUT2D eigenvalue weighted by atomic mass is 10.0. The van der Waals surface area contributed by atoms with Gasteiger partial charge in [0.1, 0.15) is 6.33 Å². The molecule has 2 heterocycles. The van der Waals surface area contributed by atoms with E-state index in [0.717, 1.165) is 39.0 Å². The van der Waals surface area contributed by atoms with Crippen LogP contribution in [0, 0.1) is 0 Å². The quantitative estimate of drug-likeness (QED) is 0.857. The summed E-state index contributed by atoms with van der Waals surface area (Å²) < 4.78 is 0. The molecule has 1 N–H and O–H groups in total. The molecule has 0 atom stereocenters. The Bertz CT molecular complexity index is 366. The lowest BCUT2D eigenvalue weighted by Gasteiger charge is -2.37. The number of nitrogens with one attached hydrogen (secondary N) is 1. The van der Waals surface area contributed by atoms with Gasteiger partial charge in [0.15, 0.2) is 0 Å². The second kappa shape index (κ2) is 5.95. The summed E-state index contributed by atoms with van der Waals surface area (Å²) in [7, 11) is 0. The number of piperidine rings is 1. The zero-order valence-electron chi connectivity index (χ0n) is 11.1. The lowest BCUT2D eigenvalue weighted by molar-refractivity contribution is 0.0620. The zero-order chi connectivity index (χ0) is 13.0. The number of H-pyrrole nitrogens is 1. The summed E-state index contributed by atoms with van der Waals surface area (Å²) in [5.74, 6) is 0.307. The summed E-state index contributed by atoms with van der Waals surface area (Å²) in [6.45, 7) is 8.15. The van der Waals surface area contributed by atoms with Crippen molar-refractivity contribution in [2.75, 3.05) is 26.2 Å². The molecule has 18 heavy (non-hydrogen) atoms. The van der Waals surface area contributed by atoms with E-state index in [2.05, 4.69) is 33.9 Å². The molecule has 1 aliphatic heterocycles. The van der Waals surface area contributed by atoms with Crippen LogP contribution in [0.2, 0.25) is 0 Å². The van der Waals surface area contributed by atoms with E-state index in [1.165, 1.54) is 6.33 Å². The largest absolute Gasteiger partial charge is 0.336 e. The molecular formula is C12H21N5O. The Balaban J connectivity index is 1.89. The monoisotopic (exact) mass is 251 g/mol. The molecule has 1 saturated heterocycles. The maximum atomic E-state index is 12.1. The van der Waals surface area contributed by atoms with Crippen molar-refractivity contribution in [3.8, 4) is 0 Å². The minimum Gasteiger partial charge on any atom is -0.336 e. The number of carbonyl (C=O) groups is 1. The van der Waals surface area contributed by atoms with E-state index in [0.29, 0.717) is 11.9 Å². The first-order chi connectivity index (χ1) is 8.76. The first-order valence-corrected chi connectivity index (χ1v) is 6.65. The molecule has 100 valence electrons. The van der Waals surface area contributed by atoms with Gasteiger partial charge < -0.3 is 9.80 Å². The molecule has 1 amide bonds. The van der Waals surface area contributed by atoms with Gasteiger partial charge >= 0.3 is 0 Å². The fourth-order valence-corrected chi connectivity index (χ4v) is 2.63. The molecular weight excluding hydrogens is 230 g/mol. The van der Waals surface area contributed by atoms with Gasteiger partial charge in [0.2, 0.25) is 5.82 Å². The van der Waals surface area contributed by atoms with Crippen LogP contribution in [0.25, 0.3) is 0 Å². The SMILES string of the molecule is CCN(CC)C1CCN(C(=O)c2ncn[nH]2)CC1. The molecule has 0 aromatic carbocycles. The normalized spacial score (nSPS) is 17.4. The molecule has 1 aliphatic rings. The van der Waals surface area contributed by atoms with Crippen LogP contribution in [0.15, 0.2) is 6.33 Å². The van der Waals surface area contributed by atoms with Crippen LogP contribution in [0.3, 0.4) is 0 Å². The molecule has 1 aromatic heterocycles. The van der Waals surface area contributed by atoms with Gasteiger partial charge in [-0.2, -0.15) is 5.10 Å². The number of hydrogen-bond donors (Lipinski definition) is 1. The first kappa shape index (κ1) is 13.0. The van der Waals surface area contributed by atoms with Gasteiger partial charge in [0.25, 0.3) is 5.91 Å². The average Bonchev–Trinajstić information content (AvgIpc) is 2.94. The van der Waals surface area contributed by atoms with E-state index in [9.17, 15) is 4.79 Å². The van der Waals surface area contributed by atoms with E-state index in [4.69, 9.17) is 0 Å². The number of aromatic amines is 1. The molecule has 0 radical (unpaired) electrons. The predicted molar refractivity (Wildman–Crippen MR) is 68.2 cm³/mol. The zero-order valence-corrected chi connectivity index (χ0v) is 11.1. The molecule has 6 heteroatoms. The molecule has 0 aliphatic carbocycles. The smallest absolute Gasteiger partial charge is 0.291 e. The van der Waals surface area contributed by atoms with Gasteiger partial charge in [0.05, 0.1) is 0 Å². The Morgan fingerprint density at radius 2 is 2.11 bits per heavy atom. The van der Waals surface area contributed by atoms with Crippen molar-refractivity contribution in [3.05, 3.63) is 12.2 Å². The molecule has 2 rings (SSSR count). The molecule has 1 aromatic rings. The number of hydrogen-bond acceptors (Lipinski definition) is 4. The maximum absolute atomic E-state index is 12.1. The summed E-state index contributed by atoms with van der Waals surface area (Å²) in [6.07, 6.45) is 3.46. The van der Waals surface area contributed by atoms with E-state index >= 15 is 0 Å². The second-order valence-electron chi connectivity index (χ2n) is 4.58. The minimum absolute atomic E-state index is 0.0366. The summed E-state index contributed by atoms with van der Waals surface area (Å²) in [6, 6.07) is 0.610. The number of amides is 1. The summed E-state index contributed by atoms with van der Waals surface area (Å²) in [4.78, 5) is 20.3. The van der Waals surface area contributed by atoms with Gasteiger partial charge in [-0.05, 0) is 25.9 Å². The topological polar surface area (TPSA) is 65.1 Å². The van der Waals surface area contributed by atoms with Crippen LogP contribution < -0.4 is 0 Å². The van der Waals surface area contributed by atoms with E-state index < -0.39 is 0 Å². The predicted octanol–water partition coefficient (Wildman–Crippen LogP) is 0.751. The van der Waals surface area contributed by atoms with Crippen molar-refractivity contribution in [1.29, 1.82) is 0 Å². The third-order valence-corrected chi connectivity index (χ3v) is 3.70. The van der Waals surface area contributed by atoms with Crippen molar-refractivity contribution in [3.63, 3.8) is 0 Å². The highest BCUT2D eigenvalue weighted by Gasteiger charge is 2.27. The van der Waals surface area contributed by atoms with Crippen LogP contribution in [0.1, 0.15) is 37.3 Å². The van der Waals surface area contributed by atoms with Crippen molar-refractivity contribution in [2.24, 2.45) is 0 Å². The fraction of sp³-hybridized carbons (Fsp3) is 0.750. The van der Waals surface area contributed by atoms with Crippen molar-refractivity contribution < 1.29 is 4.79 Å². The Morgan fingerprint density at radius 3 is 2.61 bits per heavy atom. The molecule has 0 saturated carbocycles. The fourth-order valence-electron chi connectivity index (χ4n) is 2.63. The first-order valence-electron chi connectivity index (χ1n) is 6.65. The lowest BCUT2D eigenvalue weighted by Crippen LogP contribution is -2.46. The standard InChI is InChI=1S/C12H21N5O/c1-3-16(4-2)10-5-7-17(8-6-10)12(18)11-13-9-14-15-11/h9-10H,3-8H2,1-2H3,(H,13,14,15). The third-order valence-electron chi connectivity index (χ3n) is 3.70. The molecule has 0 spiro atoms. The van der Waals surface area contributed by atoms with Crippen molar-refractivity contribution >= 4 is 5.91 Å². The van der Waals surface area contributed by atoms with Crippen LogP contribution in [-0.4, -0.2) is 63.1 Å². The highest BCUT2D eigenvalue weighted by atomic mass is 16.2. The van der Waals surface area contributed by atoms with E-state index in [-0.39, 0.29) is 5.91 Å². The Labute approximate surface area is 107 Å². The second-order valence-corrected chi connectivity index (χ2v) is 4.58. The number of carbonyl (C=O) groups excluding carboxylic acids is 1. The van der Waals surface area contributed by atoms with Crippen molar-refractivity contribution in [2.45, 2.75) is 32.7 Å². The van der Waals surface area contributed by atoms with Gasteiger partial charge in [-0.15, -0.1) is 0 Å². The molecule has 0 unspecified atom stereocenters. The highest BCUT2D eigenvalue weighted by Crippen LogP contribution is 2.17. The van der Waals surface area contributed by atoms with Crippen LogP contribution in [0.5, 0.6) is 0 Å². The number of rotatable bonds is 4. The van der Waals surface area contributed by atoms with Gasteiger partial charge in [0, 0.05) is 19.1 Å². The van der Waals surface area contributed by atoms with Gasteiger partial charge in [-0.25, -0.2) is 4.98 Å². The minimum atomic E-state index is -0.0366. The Hall–Kier alpha value is -1.43. The average molecular weight is 251 g/mol. The number of nitrogens with zero attached hydrogens (tertiary/aromatic N) is 4. The van der Waals surface area contributed by atoms with Crippen LogP contribution in [-0.2, 0) is 0 Å². The molecule has 6 nitrogen and oxygen atoms in total. The summed E-state index contributed by atoms with van der Waals surface area (Å²) in [5, 5.41) is 6.34. The van der Waals surface area contributed by atoms with E-state index in [1.807, 2.05) is 4.90 Å². The third kappa shape index (κ3) is 2.69. The summed E-state index contributed by atoms with van der Waals surface area (Å²) in [5.41, 5.74) is 0.